The van der Waals surface area contributed by atoms with Crippen molar-refractivity contribution in [2.24, 2.45) is 0 Å². The van der Waals surface area contributed by atoms with E-state index in [4.69, 9.17) is 4.52 Å². The first-order valence-electron chi connectivity index (χ1n) is 2.69. The fourth-order valence-electron chi connectivity index (χ4n) is 0.975. The van der Waals surface area contributed by atoms with Gasteiger partial charge in [0.2, 0.25) is 0 Å². The van der Waals surface area contributed by atoms with Crippen LogP contribution in [-0.2, 0) is 6.42 Å². The van der Waals surface area contributed by atoms with E-state index < -0.39 is 0 Å². The van der Waals surface area contributed by atoms with E-state index in [9.17, 15) is 0 Å². The SMILES string of the molecule is C[C@@H]1Cc2onnc21. The van der Waals surface area contributed by atoms with Gasteiger partial charge in [-0.2, -0.15) is 0 Å². The summed E-state index contributed by atoms with van der Waals surface area (Å²) in [5, 5.41) is 7.18. The molecule has 0 saturated heterocycles. The van der Waals surface area contributed by atoms with Crippen LogP contribution in [0.4, 0.5) is 0 Å². The summed E-state index contributed by atoms with van der Waals surface area (Å²) in [6.45, 7) is 2.12. The zero-order valence-corrected chi connectivity index (χ0v) is 4.59. The number of hydrogen-bond donors (Lipinski definition) is 0. The smallest absolute Gasteiger partial charge is 0.161 e. The lowest BCUT2D eigenvalue weighted by Gasteiger charge is -2.14. The number of rotatable bonds is 0. The van der Waals surface area contributed by atoms with Crippen LogP contribution in [0.3, 0.4) is 0 Å². The van der Waals surface area contributed by atoms with Gasteiger partial charge in [0.05, 0.1) is 0 Å². The van der Waals surface area contributed by atoms with Crippen LogP contribution >= 0.6 is 0 Å². The summed E-state index contributed by atoms with van der Waals surface area (Å²) in [6.07, 6.45) is 1.02. The monoisotopic (exact) mass is 110 g/mol. The molecule has 1 atom stereocenters. The van der Waals surface area contributed by atoms with Gasteiger partial charge in [0.25, 0.3) is 0 Å². The van der Waals surface area contributed by atoms with Crippen LogP contribution in [0.15, 0.2) is 4.52 Å². The predicted octanol–water partition coefficient (Wildman–Crippen LogP) is 0.729. The van der Waals surface area contributed by atoms with Gasteiger partial charge in [-0.3, -0.25) is 0 Å². The van der Waals surface area contributed by atoms with Gasteiger partial charge in [-0.25, -0.2) is 0 Å². The Hall–Kier alpha value is -0.860. The Bertz CT molecular complexity index is 206. The first-order chi connectivity index (χ1) is 3.88. The molecule has 0 N–H and O–H groups in total. The molecule has 3 heteroatoms. The molecule has 0 aromatic carbocycles. The van der Waals surface area contributed by atoms with Crippen LogP contribution in [-0.4, -0.2) is 10.4 Å². The molecule has 0 aliphatic heterocycles. The molecule has 1 aromatic heterocycles. The lowest BCUT2D eigenvalue weighted by atomic mass is 9.89. The Kier molecular flexibility index (Phi) is 0.559. The summed E-state index contributed by atoms with van der Waals surface area (Å²) in [5.74, 6) is 1.55. The molecule has 42 valence electrons. The molecular weight excluding hydrogens is 104 g/mol. The molecular formula is C5H6N2O. The molecule has 1 aliphatic rings. The summed E-state index contributed by atoms with van der Waals surface area (Å²) in [5.41, 5.74) is 1.05. The second-order valence-electron chi connectivity index (χ2n) is 2.19. The van der Waals surface area contributed by atoms with Crippen LogP contribution < -0.4 is 0 Å². The molecule has 1 aromatic rings. The van der Waals surface area contributed by atoms with Crippen molar-refractivity contribution in [1.29, 1.82) is 0 Å². The molecule has 0 spiro atoms. The third-order valence-corrected chi connectivity index (χ3v) is 1.54. The topological polar surface area (TPSA) is 38.9 Å². The third kappa shape index (κ3) is 0.300. The number of aromatic nitrogens is 2. The lowest BCUT2D eigenvalue weighted by molar-refractivity contribution is 0.347. The molecule has 8 heavy (non-hydrogen) atoms. The summed E-state index contributed by atoms with van der Waals surface area (Å²) in [7, 11) is 0. The Morgan fingerprint density at radius 1 is 1.75 bits per heavy atom. The fourth-order valence-corrected chi connectivity index (χ4v) is 0.975. The summed E-state index contributed by atoms with van der Waals surface area (Å²) < 4.78 is 4.76. The molecule has 0 saturated carbocycles. The average molecular weight is 110 g/mol. The van der Waals surface area contributed by atoms with Crippen molar-refractivity contribution in [2.45, 2.75) is 19.3 Å². The number of nitrogens with zero attached hydrogens (tertiary/aromatic N) is 2. The zero-order chi connectivity index (χ0) is 5.56. The quantitative estimate of drug-likeness (QED) is 0.494. The largest absolute Gasteiger partial charge is 0.342 e. The van der Waals surface area contributed by atoms with Crippen LogP contribution in [0, 0.1) is 0 Å². The Morgan fingerprint density at radius 3 is 3.12 bits per heavy atom. The van der Waals surface area contributed by atoms with E-state index in [0.29, 0.717) is 5.92 Å². The van der Waals surface area contributed by atoms with Gasteiger partial charge in [0, 0.05) is 17.6 Å². The highest BCUT2D eigenvalue weighted by Gasteiger charge is 2.28. The number of hydrogen-bond acceptors (Lipinski definition) is 3. The van der Waals surface area contributed by atoms with E-state index >= 15 is 0 Å². The van der Waals surface area contributed by atoms with Crippen molar-refractivity contribution >= 4 is 0 Å². The predicted molar refractivity (Wildman–Crippen MR) is 26.4 cm³/mol. The van der Waals surface area contributed by atoms with Gasteiger partial charge >= 0.3 is 0 Å². The highest BCUT2D eigenvalue weighted by Crippen LogP contribution is 2.31. The van der Waals surface area contributed by atoms with E-state index in [0.717, 1.165) is 17.9 Å². The molecule has 3 nitrogen and oxygen atoms in total. The average Bonchev–Trinajstić information content (AvgIpc) is 2.09. The van der Waals surface area contributed by atoms with E-state index in [1.165, 1.54) is 0 Å². The lowest BCUT2D eigenvalue weighted by Crippen LogP contribution is -2.11. The maximum atomic E-state index is 4.76. The Morgan fingerprint density at radius 2 is 2.62 bits per heavy atom. The van der Waals surface area contributed by atoms with Crippen molar-refractivity contribution in [3.8, 4) is 0 Å². The molecule has 0 bridgehead atoms. The number of fused-ring (bicyclic) bond motifs is 1. The molecule has 2 rings (SSSR count). The minimum Gasteiger partial charge on any atom is -0.342 e. The highest BCUT2D eigenvalue weighted by atomic mass is 16.5. The minimum absolute atomic E-state index is 0.580. The van der Waals surface area contributed by atoms with Gasteiger partial charge in [-0.1, -0.05) is 6.92 Å². The highest BCUT2D eigenvalue weighted by molar-refractivity contribution is 5.22. The molecule has 1 heterocycles. The van der Waals surface area contributed by atoms with Crippen molar-refractivity contribution in [1.82, 2.24) is 10.4 Å². The molecule has 0 amide bonds. The van der Waals surface area contributed by atoms with Gasteiger partial charge in [0.15, 0.2) is 5.76 Å². The maximum absolute atomic E-state index is 4.76. The second kappa shape index (κ2) is 1.10. The van der Waals surface area contributed by atoms with Crippen LogP contribution in [0.1, 0.15) is 24.3 Å². The van der Waals surface area contributed by atoms with Crippen LogP contribution in [0.5, 0.6) is 0 Å². The molecule has 0 fully saturated rings. The van der Waals surface area contributed by atoms with Crippen molar-refractivity contribution in [3.63, 3.8) is 0 Å². The Balaban J connectivity index is 2.53. The summed E-state index contributed by atoms with van der Waals surface area (Å²) >= 11 is 0. The fraction of sp³-hybridized carbons (Fsp3) is 0.600. The van der Waals surface area contributed by atoms with Gasteiger partial charge in [0.1, 0.15) is 5.69 Å². The molecule has 0 radical (unpaired) electrons. The summed E-state index contributed by atoms with van der Waals surface area (Å²) in [4.78, 5) is 0. The maximum Gasteiger partial charge on any atom is 0.161 e. The van der Waals surface area contributed by atoms with Crippen LogP contribution in [0.2, 0.25) is 0 Å². The minimum atomic E-state index is 0.580. The van der Waals surface area contributed by atoms with E-state index in [2.05, 4.69) is 17.3 Å². The van der Waals surface area contributed by atoms with Crippen molar-refractivity contribution in [3.05, 3.63) is 11.5 Å². The molecule has 0 unspecified atom stereocenters. The van der Waals surface area contributed by atoms with Gasteiger partial charge < -0.3 is 4.52 Å². The van der Waals surface area contributed by atoms with Crippen molar-refractivity contribution < 1.29 is 4.52 Å². The van der Waals surface area contributed by atoms with E-state index in [1.807, 2.05) is 0 Å². The van der Waals surface area contributed by atoms with Gasteiger partial charge in [-0.05, 0) is 0 Å². The summed E-state index contributed by atoms with van der Waals surface area (Å²) in [6, 6.07) is 0. The first kappa shape index (κ1) is 4.06. The van der Waals surface area contributed by atoms with E-state index in [1.54, 1.807) is 0 Å². The normalized spacial score (nSPS) is 24.4. The molecule has 1 aliphatic carbocycles. The van der Waals surface area contributed by atoms with Gasteiger partial charge in [-0.15, -0.1) is 5.10 Å². The second-order valence-corrected chi connectivity index (χ2v) is 2.19. The Labute approximate surface area is 46.7 Å². The standard InChI is InChI=1S/C5H6N2O/c1-3-2-4-5(3)6-7-8-4/h3H,2H2,1H3/t3-/m1/s1. The van der Waals surface area contributed by atoms with Crippen molar-refractivity contribution in [2.75, 3.05) is 0 Å². The zero-order valence-electron chi connectivity index (χ0n) is 4.59. The third-order valence-electron chi connectivity index (χ3n) is 1.54. The first-order valence-corrected chi connectivity index (χ1v) is 2.69. The van der Waals surface area contributed by atoms with Crippen LogP contribution in [0.25, 0.3) is 0 Å². The van der Waals surface area contributed by atoms with E-state index in [-0.39, 0.29) is 0 Å².